The van der Waals surface area contributed by atoms with Crippen LogP contribution in [-0.4, -0.2) is 29.2 Å². The molecule has 0 saturated heterocycles. The van der Waals surface area contributed by atoms with Crippen LogP contribution in [0.2, 0.25) is 0 Å². The maximum atomic E-state index is 5.35. The molecule has 132 valence electrons. The van der Waals surface area contributed by atoms with Gasteiger partial charge in [-0.05, 0) is 30.7 Å². The summed E-state index contributed by atoms with van der Waals surface area (Å²) < 4.78 is 11.6. The number of aromatic nitrogens is 3. The van der Waals surface area contributed by atoms with Crippen LogP contribution in [0.5, 0.6) is 11.6 Å². The highest BCUT2D eigenvalue weighted by molar-refractivity contribution is 7.22. The van der Waals surface area contributed by atoms with Crippen LogP contribution in [0.1, 0.15) is 4.88 Å². The van der Waals surface area contributed by atoms with Gasteiger partial charge in [0.05, 0.1) is 24.4 Å². The third kappa shape index (κ3) is 3.21. The SMILES string of the molecule is COc1cc(-c2ccc3nc(Nc4ncc(C)s4)sc3c2)cnc1OC. The molecule has 4 aromatic rings. The molecule has 0 radical (unpaired) electrons. The van der Waals surface area contributed by atoms with Gasteiger partial charge in [-0.3, -0.25) is 0 Å². The van der Waals surface area contributed by atoms with E-state index in [1.165, 1.54) is 0 Å². The molecule has 3 aromatic heterocycles. The zero-order valence-electron chi connectivity index (χ0n) is 14.4. The fourth-order valence-corrected chi connectivity index (χ4v) is 4.18. The number of anilines is 2. The fourth-order valence-electron chi connectivity index (χ4n) is 2.55. The van der Waals surface area contributed by atoms with E-state index in [0.29, 0.717) is 11.6 Å². The highest BCUT2D eigenvalue weighted by atomic mass is 32.1. The van der Waals surface area contributed by atoms with E-state index in [4.69, 9.17) is 9.47 Å². The minimum atomic E-state index is 0.473. The third-order valence-corrected chi connectivity index (χ3v) is 5.55. The van der Waals surface area contributed by atoms with Crippen molar-refractivity contribution in [2.24, 2.45) is 0 Å². The molecule has 8 heteroatoms. The lowest BCUT2D eigenvalue weighted by atomic mass is 10.1. The van der Waals surface area contributed by atoms with E-state index < -0.39 is 0 Å². The Morgan fingerprint density at radius 1 is 0.923 bits per heavy atom. The highest BCUT2D eigenvalue weighted by Gasteiger charge is 2.11. The minimum absolute atomic E-state index is 0.473. The molecular weight excluding hydrogens is 368 g/mol. The molecule has 1 aromatic carbocycles. The minimum Gasteiger partial charge on any atom is -0.491 e. The van der Waals surface area contributed by atoms with Crippen LogP contribution in [-0.2, 0) is 0 Å². The van der Waals surface area contributed by atoms with Crippen LogP contribution in [0, 0.1) is 6.92 Å². The molecule has 1 N–H and O–H groups in total. The number of thiazole rings is 2. The molecule has 0 fully saturated rings. The average molecular weight is 384 g/mol. The van der Waals surface area contributed by atoms with Gasteiger partial charge in [0.1, 0.15) is 0 Å². The number of methoxy groups -OCH3 is 2. The summed E-state index contributed by atoms with van der Waals surface area (Å²) in [5, 5.41) is 4.96. The molecule has 26 heavy (non-hydrogen) atoms. The summed E-state index contributed by atoms with van der Waals surface area (Å²) in [6, 6.07) is 8.07. The summed E-state index contributed by atoms with van der Waals surface area (Å²) in [7, 11) is 3.18. The zero-order valence-corrected chi connectivity index (χ0v) is 16.1. The monoisotopic (exact) mass is 384 g/mol. The van der Waals surface area contributed by atoms with Gasteiger partial charge in [0.2, 0.25) is 0 Å². The summed E-state index contributed by atoms with van der Waals surface area (Å²) in [6.45, 7) is 2.03. The molecule has 0 saturated carbocycles. The smallest absolute Gasteiger partial charge is 0.256 e. The molecule has 6 nitrogen and oxygen atoms in total. The van der Waals surface area contributed by atoms with Crippen LogP contribution in [0.4, 0.5) is 10.3 Å². The van der Waals surface area contributed by atoms with Gasteiger partial charge in [0.15, 0.2) is 16.0 Å². The van der Waals surface area contributed by atoms with Gasteiger partial charge in [-0.2, -0.15) is 0 Å². The maximum absolute atomic E-state index is 5.35. The predicted octanol–water partition coefficient (Wildman–Crippen LogP) is 4.88. The van der Waals surface area contributed by atoms with E-state index in [1.54, 1.807) is 43.1 Å². The Balaban J connectivity index is 1.67. The second kappa shape index (κ2) is 6.89. The number of aryl methyl sites for hydroxylation is 1. The van der Waals surface area contributed by atoms with E-state index in [1.807, 2.05) is 31.3 Å². The van der Waals surface area contributed by atoms with Crippen molar-refractivity contribution in [3.05, 3.63) is 41.5 Å². The largest absolute Gasteiger partial charge is 0.491 e. The van der Waals surface area contributed by atoms with Crippen molar-refractivity contribution in [1.29, 1.82) is 0 Å². The van der Waals surface area contributed by atoms with Crippen molar-refractivity contribution in [1.82, 2.24) is 15.0 Å². The normalized spacial score (nSPS) is 10.9. The van der Waals surface area contributed by atoms with Gasteiger partial charge in [-0.15, -0.1) is 11.3 Å². The second-order valence-electron chi connectivity index (χ2n) is 5.54. The lowest BCUT2D eigenvalue weighted by molar-refractivity contribution is 0.343. The van der Waals surface area contributed by atoms with Gasteiger partial charge in [-0.1, -0.05) is 17.4 Å². The highest BCUT2D eigenvalue weighted by Crippen LogP contribution is 2.34. The number of rotatable bonds is 5. The molecule has 0 bridgehead atoms. The molecule has 0 aliphatic heterocycles. The summed E-state index contributed by atoms with van der Waals surface area (Å²) in [4.78, 5) is 14.4. The van der Waals surface area contributed by atoms with Gasteiger partial charge in [0.25, 0.3) is 5.88 Å². The lowest BCUT2D eigenvalue weighted by Crippen LogP contribution is -1.93. The summed E-state index contributed by atoms with van der Waals surface area (Å²) in [6.07, 6.45) is 3.63. The number of pyridine rings is 1. The molecular formula is C18H16N4O2S2. The van der Waals surface area contributed by atoms with Crippen LogP contribution in [0.15, 0.2) is 36.7 Å². The number of ether oxygens (including phenoxy) is 2. The summed E-state index contributed by atoms with van der Waals surface area (Å²) in [5.74, 6) is 1.08. The van der Waals surface area contributed by atoms with E-state index >= 15 is 0 Å². The molecule has 3 heterocycles. The van der Waals surface area contributed by atoms with Crippen LogP contribution in [0.3, 0.4) is 0 Å². The van der Waals surface area contributed by atoms with Crippen LogP contribution >= 0.6 is 22.7 Å². The van der Waals surface area contributed by atoms with E-state index in [0.717, 1.165) is 36.5 Å². The van der Waals surface area contributed by atoms with Crippen molar-refractivity contribution < 1.29 is 9.47 Å². The molecule has 0 unspecified atom stereocenters. The standard InChI is InChI=1S/C18H16N4O2S2/c1-10-8-20-17(25-10)22-18-21-13-5-4-11(7-15(13)26-18)12-6-14(23-2)16(24-3)19-9-12/h4-9H,1-3H3,(H,20,21,22). The molecule has 0 atom stereocenters. The number of nitrogens with zero attached hydrogens (tertiary/aromatic N) is 3. The van der Waals surface area contributed by atoms with Crippen molar-refractivity contribution in [2.45, 2.75) is 6.92 Å². The van der Waals surface area contributed by atoms with Crippen molar-refractivity contribution in [3.63, 3.8) is 0 Å². The van der Waals surface area contributed by atoms with Gasteiger partial charge in [0, 0.05) is 22.8 Å². The number of benzene rings is 1. The first-order valence-corrected chi connectivity index (χ1v) is 9.48. The van der Waals surface area contributed by atoms with Crippen LogP contribution < -0.4 is 14.8 Å². The zero-order chi connectivity index (χ0) is 18.1. The molecule has 0 aliphatic rings. The van der Waals surface area contributed by atoms with Crippen molar-refractivity contribution >= 4 is 43.2 Å². The number of fused-ring (bicyclic) bond motifs is 1. The van der Waals surface area contributed by atoms with E-state index in [-0.39, 0.29) is 0 Å². The summed E-state index contributed by atoms with van der Waals surface area (Å²) >= 11 is 3.21. The first-order valence-electron chi connectivity index (χ1n) is 7.84. The first-order chi connectivity index (χ1) is 12.7. The lowest BCUT2D eigenvalue weighted by Gasteiger charge is -2.08. The van der Waals surface area contributed by atoms with Crippen molar-refractivity contribution in [3.8, 4) is 22.8 Å². The topological polar surface area (TPSA) is 69.2 Å². The Hall–Kier alpha value is -2.71. The van der Waals surface area contributed by atoms with E-state index in [9.17, 15) is 0 Å². The van der Waals surface area contributed by atoms with Crippen LogP contribution in [0.25, 0.3) is 21.3 Å². The number of hydrogen-bond donors (Lipinski definition) is 1. The average Bonchev–Trinajstić information content (AvgIpc) is 3.25. The summed E-state index contributed by atoms with van der Waals surface area (Å²) in [5.41, 5.74) is 2.96. The Labute approximate surface area is 158 Å². The van der Waals surface area contributed by atoms with Gasteiger partial charge < -0.3 is 14.8 Å². The van der Waals surface area contributed by atoms with E-state index in [2.05, 4.69) is 26.3 Å². The Bertz CT molecular complexity index is 1070. The fraction of sp³-hybridized carbons (Fsp3) is 0.167. The molecule has 0 amide bonds. The maximum Gasteiger partial charge on any atom is 0.256 e. The Morgan fingerprint density at radius 2 is 1.81 bits per heavy atom. The van der Waals surface area contributed by atoms with Crippen molar-refractivity contribution in [2.75, 3.05) is 19.5 Å². The second-order valence-corrected chi connectivity index (χ2v) is 7.80. The predicted molar refractivity (Wildman–Crippen MR) is 106 cm³/mol. The quantitative estimate of drug-likeness (QED) is 0.529. The molecule has 4 rings (SSSR count). The molecule has 0 aliphatic carbocycles. The first kappa shape index (κ1) is 16.7. The Kier molecular flexibility index (Phi) is 4.44. The van der Waals surface area contributed by atoms with Gasteiger partial charge >= 0.3 is 0 Å². The third-order valence-electron chi connectivity index (χ3n) is 3.79. The Morgan fingerprint density at radius 3 is 2.54 bits per heavy atom. The van der Waals surface area contributed by atoms with Gasteiger partial charge in [-0.25, -0.2) is 15.0 Å². The number of hydrogen-bond acceptors (Lipinski definition) is 8. The number of nitrogens with one attached hydrogen (secondary N) is 1. The molecule has 0 spiro atoms.